The maximum atomic E-state index is 11.8. The zero-order chi connectivity index (χ0) is 13.8. The third-order valence-corrected chi connectivity index (χ3v) is 2.40. The van der Waals surface area contributed by atoms with Crippen molar-refractivity contribution in [3.63, 3.8) is 0 Å². The van der Waals surface area contributed by atoms with Gasteiger partial charge in [0, 0.05) is 6.04 Å². The van der Waals surface area contributed by atoms with Gasteiger partial charge in [0.05, 0.1) is 18.2 Å². The van der Waals surface area contributed by atoms with Crippen LogP contribution < -0.4 is 5.32 Å². The standard InChI is InChI=1S/C13H19NO4/c1-13(2,3)7-10(6-11(15)16)14-12(17)9-4-5-18-8-9/h4-5,8,10H,6-7H2,1-3H3,(H,14,17)(H,15,16). The van der Waals surface area contributed by atoms with Crippen LogP contribution >= 0.6 is 0 Å². The Bertz CT molecular complexity index is 403. The Labute approximate surface area is 106 Å². The van der Waals surface area contributed by atoms with Crippen LogP contribution in [0.15, 0.2) is 23.0 Å². The van der Waals surface area contributed by atoms with Gasteiger partial charge in [-0.2, -0.15) is 0 Å². The van der Waals surface area contributed by atoms with E-state index in [1.54, 1.807) is 6.07 Å². The highest BCUT2D eigenvalue weighted by molar-refractivity contribution is 5.94. The molecule has 5 nitrogen and oxygen atoms in total. The van der Waals surface area contributed by atoms with Gasteiger partial charge >= 0.3 is 5.97 Å². The molecule has 1 heterocycles. The second kappa shape index (κ2) is 5.71. The molecule has 18 heavy (non-hydrogen) atoms. The lowest BCUT2D eigenvalue weighted by Gasteiger charge is -2.25. The Morgan fingerprint density at radius 2 is 2.11 bits per heavy atom. The van der Waals surface area contributed by atoms with Crippen molar-refractivity contribution in [2.45, 2.75) is 39.7 Å². The van der Waals surface area contributed by atoms with E-state index < -0.39 is 5.97 Å². The fraction of sp³-hybridized carbons (Fsp3) is 0.538. The van der Waals surface area contributed by atoms with Crippen molar-refractivity contribution in [2.75, 3.05) is 0 Å². The molecule has 0 aliphatic carbocycles. The molecule has 2 N–H and O–H groups in total. The predicted molar refractivity (Wildman–Crippen MR) is 66.3 cm³/mol. The molecule has 0 bridgehead atoms. The number of carboxylic acids is 1. The molecule has 0 saturated heterocycles. The average molecular weight is 253 g/mol. The summed E-state index contributed by atoms with van der Waals surface area (Å²) in [6, 6.07) is 1.16. The highest BCUT2D eigenvalue weighted by atomic mass is 16.4. The molecule has 0 aliphatic heterocycles. The van der Waals surface area contributed by atoms with Gasteiger partial charge in [-0.15, -0.1) is 0 Å². The number of nitrogens with one attached hydrogen (secondary N) is 1. The summed E-state index contributed by atoms with van der Waals surface area (Å²) in [4.78, 5) is 22.6. The fourth-order valence-electron chi connectivity index (χ4n) is 1.79. The zero-order valence-electron chi connectivity index (χ0n) is 10.9. The Morgan fingerprint density at radius 3 is 2.56 bits per heavy atom. The summed E-state index contributed by atoms with van der Waals surface area (Å²) in [5, 5.41) is 11.6. The summed E-state index contributed by atoms with van der Waals surface area (Å²) >= 11 is 0. The Kier molecular flexibility index (Phi) is 4.53. The number of furan rings is 1. The van der Waals surface area contributed by atoms with E-state index in [0.29, 0.717) is 12.0 Å². The molecule has 0 aliphatic rings. The molecule has 0 aromatic carbocycles. The normalized spacial score (nSPS) is 13.1. The van der Waals surface area contributed by atoms with Crippen molar-refractivity contribution in [3.8, 4) is 0 Å². The molecule has 1 atom stereocenters. The van der Waals surface area contributed by atoms with E-state index in [1.807, 2.05) is 20.8 Å². The van der Waals surface area contributed by atoms with Crippen LogP contribution in [0.1, 0.15) is 44.0 Å². The van der Waals surface area contributed by atoms with Gasteiger partial charge in [-0.1, -0.05) is 20.8 Å². The van der Waals surface area contributed by atoms with Crippen LogP contribution in [0, 0.1) is 5.41 Å². The number of rotatable bonds is 5. The maximum Gasteiger partial charge on any atom is 0.305 e. The summed E-state index contributed by atoms with van der Waals surface area (Å²) in [5.74, 6) is -1.23. The predicted octanol–water partition coefficient (Wildman–Crippen LogP) is 2.29. The zero-order valence-corrected chi connectivity index (χ0v) is 10.9. The van der Waals surface area contributed by atoms with E-state index in [0.717, 1.165) is 0 Å². The lowest BCUT2D eigenvalue weighted by molar-refractivity contribution is -0.137. The Hall–Kier alpha value is -1.78. The quantitative estimate of drug-likeness (QED) is 0.843. The number of hydrogen-bond acceptors (Lipinski definition) is 3. The van der Waals surface area contributed by atoms with E-state index in [-0.39, 0.29) is 23.8 Å². The highest BCUT2D eigenvalue weighted by Gasteiger charge is 2.23. The minimum atomic E-state index is -0.920. The number of amides is 1. The van der Waals surface area contributed by atoms with Crippen LogP contribution in [-0.4, -0.2) is 23.0 Å². The van der Waals surface area contributed by atoms with Crippen molar-refractivity contribution in [2.24, 2.45) is 5.41 Å². The molecule has 100 valence electrons. The summed E-state index contributed by atoms with van der Waals surface area (Å²) in [6.45, 7) is 6.02. The first-order chi connectivity index (χ1) is 8.28. The number of carbonyl (C=O) groups is 2. The summed E-state index contributed by atoms with van der Waals surface area (Å²) in [6.07, 6.45) is 3.26. The Morgan fingerprint density at radius 1 is 1.44 bits per heavy atom. The van der Waals surface area contributed by atoms with Gasteiger partial charge < -0.3 is 14.8 Å². The minimum absolute atomic E-state index is 0.0518. The minimum Gasteiger partial charge on any atom is -0.481 e. The molecule has 0 spiro atoms. The lowest BCUT2D eigenvalue weighted by atomic mass is 9.87. The number of carboxylic acid groups (broad SMARTS) is 1. The number of carbonyl (C=O) groups excluding carboxylic acids is 1. The first-order valence-corrected chi connectivity index (χ1v) is 5.83. The van der Waals surface area contributed by atoms with E-state index in [2.05, 4.69) is 5.32 Å². The smallest absolute Gasteiger partial charge is 0.305 e. The summed E-state index contributed by atoms with van der Waals surface area (Å²) in [7, 11) is 0. The second-order valence-corrected chi connectivity index (χ2v) is 5.55. The molecule has 5 heteroatoms. The fourth-order valence-corrected chi connectivity index (χ4v) is 1.79. The second-order valence-electron chi connectivity index (χ2n) is 5.55. The van der Waals surface area contributed by atoms with Gasteiger partial charge in [-0.3, -0.25) is 9.59 Å². The van der Waals surface area contributed by atoms with Crippen molar-refractivity contribution >= 4 is 11.9 Å². The van der Waals surface area contributed by atoms with Crippen molar-refractivity contribution in [1.82, 2.24) is 5.32 Å². The van der Waals surface area contributed by atoms with Gasteiger partial charge in [0.1, 0.15) is 6.26 Å². The van der Waals surface area contributed by atoms with Gasteiger partial charge in [0.25, 0.3) is 5.91 Å². The molecule has 1 amide bonds. The molecule has 1 aromatic heterocycles. The van der Waals surface area contributed by atoms with Crippen LogP contribution in [0.2, 0.25) is 0 Å². The molecular formula is C13H19NO4. The van der Waals surface area contributed by atoms with Crippen LogP contribution in [0.3, 0.4) is 0 Å². The number of aliphatic carboxylic acids is 1. The average Bonchev–Trinajstić information content (AvgIpc) is 2.65. The summed E-state index contributed by atoms with van der Waals surface area (Å²) < 4.78 is 4.82. The van der Waals surface area contributed by atoms with Crippen molar-refractivity contribution in [3.05, 3.63) is 24.2 Å². The van der Waals surface area contributed by atoms with Gasteiger partial charge in [0.15, 0.2) is 0 Å². The largest absolute Gasteiger partial charge is 0.481 e. The lowest BCUT2D eigenvalue weighted by Crippen LogP contribution is -2.38. The third-order valence-electron chi connectivity index (χ3n) is 2.40. The topological polar surface area (TPSA) is 79.5 Å². The molecule has 0 radical (unpaired) electrons. The van der Waals surface area contributed by atoms with Gasteiger partial charge in [-0.25, -0.2) is 0 Å². The van der Waals surface area contributed by atoms with Crippen molar-refractivity contribution < 1.29 is 19.1 Å². The van der Waals surface area contributed by atoms with Crippen LogP contribution in [0.5, 0.6) is 0 Å². The molecule has 0 fully saturated rings. The van der Waals surface area contributed by atoms with Crippen LogP contribution in [0.25, 0.3) is 0 Å². The van der Waals surface area contributed by atoms with Crippen molar-refractivity contribution in [1.29, 1.82) is 0 Å². The van der Waals surface area contributed by atoms with E-state index in [9.17, 15) is 9.59 Å². The number of hydrogen-bond donors (Lipinski definition) is 2. The van der Waals surface area contributed by atoms with Crippen LogP contribution in [-0.2, 0) is 4.79 Å². The molecule has 0 saturated carbocycles. The SMILES string of the molecule is CC(C)(C)CC(CC(=O)O)NC(=O)c1ccoc1. The van der Waals surface area contributed by atoms with Gasteiger partial charge in [-0.05, 0) is 17.9 Å². The molecule has 1 unspecified atom stereocenters. The third kappa shape index (κ3) is 5.03. The summed E-state index contributed by atoms with van der Waals surface area (Å²) in [5.41, 5.74) is 0.350. The van der Waals surface area contributed by atoms with E-state index in [4.69, 9.17) is 9.52 Å². The molecule has 1 aromatic rings. The van der Waals surface area contributed by atoms with Gasteiger partial charge in [0.2, 0.25) is 0 Å². The van der Waals surface area contributed by atoms with E-state index in [1.165, 1.54) is 12.5 Å². The van der Waals surface area contributed by atoms with Crippen LogP contribution in [0.4, 0.5) is 0 Å². The Balaban J connectivity index is 2.66. The first kappa shape index (κ1) is 14.3. The molecular weight excluding hydrogens is 234 g/mol. The monoisotopic (exact) mass is 253 g/mol. The molecule has 1 rings (SSSR count). The first-order valence-electron chi connectivity index (χ1n) is 5.83. The van der Waals surface area contributed by atoms with E-state index >= 15 is 0 Å². The maximum absolute atomic E-state index is 11.8. The highest BCUT2D eigenvalue weighted by Crippen LogP contribution is 2.22.